The van der Waals surface area contributed by atoms with Crippen molar-refractivity contribution in [2.24, 2.45) is 0 Å². The third kappa shape index (κ3) is 6.30. The number of carbonyl (C=O) groups is 1. The summed E-state index contributed by atoms with van der Waals surface area (Å²) < 4.78 is 45.3. The van der Waals surface area contributed by atoms with Gasteiger partial charge in [0.15, 0.2) is 0 Å². The van der Waals surface area contributed by atoms with Crippen molar-refractivity contribution in [1.82, 2.24) is 19.9 Å². The van der Waals surface area contributed by atoms with Gasteiger partial charge in [0, 0.05) is 49.1 Å². The predicted molar refractivity (Wildman–Crippen MR) is 108 cm³/mol. The topological polar surface area (TPSA) is 79.2 Å². The molecule has 0 spiro atoms. The minimum Gasteiger partial charge on any atom is -0.475 e. The molecule has 0 saturated carbocycles. The summed E-state index contributed by atoms with van der Waals surface area (Å²) in [7, 11) is 0. The van der Waals surface area contributed by atoms with Crippen molar-refractivity contribution in [3.63, 3.8) is 0 Å². The van der Waals surface area contributed by atoms with Crippen LogP contribution in [0.5, 0.6) is 0 Å². The zero-order chi connectivity index (χ0) is 23.1. The smallest absolute Gasteiger partial charge is 0.475 e. The van der Waals surface area contributed by atoms with Crippen LogP contribution in [-0.2, 0) is 24.2 Å². The van der Waals surface area contributed by atoms with Gasteiger partial charge in [0.2, 0.25) is 0 Å². The zero-order valence-corrected chi connectivity index (χ0v) is 16.9. The van der Waals surface area contributed by atoms with Gasteiger partial charge in [0.1, 0.15) is 12.1 Å². The second-order valence-corrected chi connectivity index (χ2v) is 7.06. The lowest BCUT2D eigenvalue weighted by molar-refractivity contribution is -0.192. The van der Waals surface area contributed by atoms with Crippen molar-refractivity contribution in [3.8, 4) is 11.3 Å². The van der Waals surface area contributed by atoms with Gasteiger partial charge in [-0.15, -0.1) is 0 Å². The first kappa shape index (κ1) is 23.3. The van der Waals surface area contributed by atoms with Crippen LogP contribution < -0.4 is 0 Å². The molecule has 1 aromatic carbocycles. The lowest BCUT2D eigenvalue weighted by atomic mass is 10.0. The van der Waals surface area contributed by atoms with E-state index >= 15 is 0 Å². The van der Waals surface area contributed by atoms with Crippen LogP contribution in [0.1, 0.15) is 17.0 Å². The maximum Gasteiger partial charge on any atom is 0.490 e. The lowest BCUT2D eigenvalue weighted by Crippen LogP contribution is -2.26. The molecule has 1 aliphatic rings. The van der Waals surface area contributed by atoms with Crippen LogP contribution >= 0.6 is 0 Å². The Kier molecular flexibility index (Phi) is 7.47. The van der Waals surface area contributed by atoms with Gasteiger partial charge in [0.25, 0.3) is 0 Å². The summed E-state index contributed by atoms with van der Waals surface area (Å²) in [5.74, 6) is -3.00. The summed E-state index contributed by atoms with van der Waals surface area (Å²) in [6, 6.07) is 12.6. The minimum atomic E-state index is -5.08. The molecule has 0 unspecified atom stereocenters. The van der Waals surface area contributed by atoms with Crippen molar-refractivity contribution < 1.29 is 27.5 Å². The molecular formula is C22H20F4N4O2. The largest absolute Gasteiger partial charge is 0.490 e. The van der Waals surface area contributed by atoms with Crippen molar-refractivity contribution in [2.45, 2.75) is 25.6 Å². The van der Waals surface area contributed by atoms with E-state index in [0.717, 1.165) is 60.7 Å². The number of carboxylic acid groups (broad SMARTS) is 1. The monoisotopic (exact) mass is 448 g/mol. The molecule has 0 atom stereocenters. The van der Waals surface area contributed by atoms with Gasteiger partial charge in [-0.25, -0.2) is 19.2 Å². The van der Waals surface area contributed by atoms with Gasteiger partial charge in [-0.1, -0.05) is 18.2 Å². The summed E-state index contributed by atoms with van der Waals surface area (Å²) in [5.41, 5.74) is 4.94. The van der Waals surface area contributed by atoms with Crippen molar-refractivity contribution in [3.05, 3.63) is 77.8 Å². The molecule has 0 fully saturated rings. The van der Waals surface area contributed by atoms with Crippen LogP contribution in [0, 0.1) is 5.82 Å². The molecule has 3 heterocycles. The summed E-state index contributed by atoms with van der Waals surface area (Å²) in [6.45, 7) is 2.68. The molecule has 0 aliphatic carbocycles. The van der Waals surface area contributed by atoms with Crippen LogP contribution in [-0.4, -0.2) is 50.2 Å². The number of aromatic nitrogens is 3. The second kappa shape index (κ2) is 10.3. The first-order valence-electron chi connectivity index (χ1n) is 9.75. The van der Waals surface area contributed by atoms with Gasteiger partial charge in [-0.2, -0.15) is 13.2 Å². The summed E-state index contributed by atoms with van der Waals surface area (Å²) in [4.78, 5) is 24.6. The summed E-state index contributed by atoms with van der Waals surface area (Å²) in [5, 5.41) is 7.12. The fourth-order valence-electron chi connectivity index (χ4n) is 3.34. The first-order valence-corrected chi connectivity index (χ1v) is 9.75. The van der Waals surface area contributed by atoms with E-state index in [4.69, 9.17) is 9.90 Å². The van der Waals surface area contributed by atoms with Crippen molar-refractivity contribution >= 4 is 5.97 Å². The number of aliphatic carboxylic acids is 1. The maximum atomic E-state index is 13.6. The van der Waals surface area contributed by atoms with Gasteiger partial charge in [-0.05, 0) is 30.7 Å². The van der Waals surface area contributed by atoms with Crippen LogP contribution in [0.15, 0.2) is 55.0 Å². The molecule has 6 nitrogen and oxygen atoms in total. The fraction of sp³-hybridized carbons (Fsp3) is 0.273. The number of rotatable bonds is 3. The first-order chi connectivity index (χ1) is 15.2. The highest BCUT2D eigenvalue weighted by Gasteiger charge is 2.38. The van der Waals surface area contributed by atoms with Crippen molar-refractivity contribution in [2.75, 3.05) is 13.1 Å². The molecule has 0 amide bonds. The molecule has 0 radical (unpaired) electrons. The van der Waals surface area contributed by atoms with E-state index in [1.807, 2.05) is 24.4 Å². The molecule has 3 aromatic rings. The number of carboxylic acids is 1. The molecule has 32 heavy (non-hydrogen) atoms. The Morgan fingerprint density at radius 1 is 1.03 bits per heavy atom. The Labute approximate surface area is 181 Å². The number of hydrogen-bond donors (Lipinski definition) is 1. The van der Waals surface area contributed by atoms with Gasteiger partial charge >= 0.3 is 12.1 Å². The number of benzene rings is 1. The van der Waals surface area contributed by atoms with Crippen LogP contribution in [0.3, 0.4) is 0 Å². The predicted octanol–water partition coefficient (Wildman–Crippen LogP) is 3.91. The van der Waals surface area contributed by atoms with Crippen LogP contribution in [0.4, 0.5) is 17.6 Å². The van der Waals surface area contributed by atoms with Crippen molar-refractivity contribution in [1.29, 1.82) is 0 Å². The third-order valence-corrected chi connectivity index (χ3v) is 4.83. The number of alkyl halides is 3. The van der Waals surface area contributed by atoms with E-state index in [-0.39, 0.29) is 5.82 Å². The molecule has 1 aliphatic heterocycles. The quantitative estimate of drug-likeness (QED) is 0.612. The average Bonchev–Trinajstić information content (AvgIpc) is 2.97. The summed E-state index contributed by atoms with van der Waals surface area (Å²) in [6.07, 6.45) is 0.0603. The Balaban J connectivity index is 0.000000360. The second-order valence-electron chi connectivity index (χ2n) is 7.06. The number of hydrogen-bond acceptors (Lipinski definition) is 5. The highest BCUT2D eigenvalue weighted by Crippen LogP contribution is 2.26. The molecule has 2 aromatic heterocycles. The highest BCUT2D eigenvalue weighted by molar-refractivity contribution is 5.73. The number of halogens is 4. The highest BCUT2D eigenvalue weighted by atomic mass is 19.4. The number of nitrogens with zero attached hydrogens (tertiary/aromatic N) is 4. The number of pyridine rings is 1. The van der Waals surface area contributed by atoms with Gasteiger partial charge in [0.05, 0.1) is 11.4 Å². The van der Waals surface area contributed by atoms with E-state index in [0.29, 0.717) is 0 Å². The van der Waals surface area contributed by atoms with E-state index in [9.17, 15) is 17.6 Å². The average molecular weight is 448 g/mol. The van der Waals surface area contributed by atoms with Crippen LogP contribution in [0.25, 0.3) is 11.3 Å². The normalized spacial score (nSPS) is 14.0. The number of fused-ring (bicyclic) bond motifs is 1. The van der Waals surface area contributed by atoms with Gasteiger partial charge in [-0.3, -0.25) is 9.88 Å². The zero-order valence-electron chi connectivity index (χ0n) is 16.9. The molecule has 10 heteroatoms. The standard InChI is InChI=1S/C20H19FN4.C2HF3O2/c21-16-5-3-4-15(12-16)20-18-7-10-25(11-8-19(18)23-14-24-20)13-17-6-1-2-9-22-17;3-2(4,5)1(6)7/h1-6,9,12,14H,7-8,10-11,13H2;(H,6,7). The summed E-state index contributed by atoms with van der Waals surface area (Å²) >= 11 is 0. The Morgan fingerprint density at radius 2 is 1.78 bits per heavy atom. The Bertz CT molecular complexity index is 1060. The third-order valence-electron chi connectivity index (χ3n) is 4.83. The fourth-order valence-corrected chi connectivity index (χ4v) is 3.34. The maximum absolute atomic E-state index is 13.6. The molecule has 4 rings (SSSR count). The Morgan fingerprint density at radius 3 is 2.44 bits per heavy atom. The van der Waals surface area contributed by atoms with E-state index < -0.39 is 12.1 Å². The van der Waals surface area contributed by atoms with E-state index in [1.165, 1.54) is 6.07 Å². The molecular weight excluding hydrogens is 428 g/mol. The molecule has 168 valence electrons. The molecule has 0 bridgehead atoms. The Hall–Kier alpha value is -3.40. The van der Waals surface area contributed by atoms with Gasteiger partial charge < -0.3 is 5.11 Å². The molecule has 1 N–H and O–H groups in total. The minimum absolute atomic E-state index is 0.240. The van der Waals surface area contributed by atoms with Crippen LogP contribution in [0.2, 0.25) is 0 Å². The van der Waals surface area contributed by atoms with E-state index in [1.54, 1.807) is 18.5 Å². The lowest BCUT2D eigenvalue weighted by Gasteiger charge is -2.18. The van der Waals surface area contributed by atoms with E-state index in [2.05, 4.69) is 25.9 Å². The molecule has 0 saturated heterocycles. The SMILES string of the molecule is Fc1cccc(-c2ncnc3c2CCN(Cc2ccccn2)CC3)c1.O=C(O)C(F)(F)F.